The Morgan fingerprint density at radius 2 is 1.81 bits per heavy atom. The molecule has 0 aromatic heterocycles. The van der Waals surface area contributed by atoms with Crippen molar-refractivity contribution in [1.82, 2.24) is 4.90 Å². The van der Waals surface area contributed by atoms with E-state index in [0.29, 0.717) is 19.5 Å². The highest BCUT2D eigenvalue weighted by Gasteiger charge is 2.44. The highest BCUT2D eigenvalue weighted by molar-refractivity contribution is 5.82. The lowest BCUT2D eigenvalue weighted by Gasteiger charge is -2.39. The van der Waals surface area contributed by atoms with Gasteiger partial charge >= 0.3 is 5.97 Å². The van der Waals surface area contributed by atoms with Gasteiger partial charge in [0, 0.05) is 19.0 Å². The Hall–Kier alpha value is -1.06. The summed E-state index contributed by atoms with van der Waals surface area (Å²) in [7, 11) is 0. The Bertz CT molecular complexity index is 436. The number of hydrogen-bond acceptors (Lipinski definition) is 2. The van der Waals surface area contributed by atoms with Crippen molar-refractivity contribution in [2.45, 2.75) is 58.3 Å². The van der Waals surface area contributed by atoms with Crippen LogP contribution < -0.4 is 0 Å². The van der Waals surface area contributed by atoms with Gasteiger partial charge in [0.15, 0.2) is 0 Å². The quantitative estimate of drug-likeness (QED) is 0.851. The maximum absolute atomic E-state index is 12.7. The maximum Gasteiger partial charge on any atom is 0.311 e. The number of fused-ring (bicyclic) bond motifs is 1. The van der Waals surface area contributed by atoms with Crippen LogP contribution in [0.5, 0.6) is 0 Å². The summed E-state index contributed by atoms with van der Waals surface area (Å²) in [4.78, 5) is 25.9. The van der Waals surface area contributed by atoms with Crippen LogP contribution in [0.15, 0.2) is 0 Å². The first kappa shape index (κ1) is 14.9. The number of rotatable bonds is 2. The van der Waals surface area contributed by atoms with E-state index in [4.69, 9.17) is 0 Å². The van der Waals surface area contributed by atoms with Crippen molar-refractivity contribution >= 4 is 11.9 Å². The third kappa shape index (κ3) is 2.82. The lowest BCUT2D eigenvalue weighted by Crippen LogP contribution is -2.41. The van der Waals surface area contributed by atoms with Gasteiger partial charge in [0.2, 0.25) is 5.91 Å². The molecule has 1 heterocycles. The van der Waals surface area contributed by atoms with Gasteiger partial charge in [-0.1, -0.05) is 25.7 Å². The van der Waals surface area contributed by atoms with Crippen LogP contribution in [0.25, 0.3) is 0 Å². The van der Waals surface area contributed by atoms with Gasteiger partial charge in [0.25, 0.3) is 0 Å². The van der Waals surface area contributed by atoms with E-state index < -0.39 is 11.4 Å². The molecule has 0 aromatic rings. The van der Waals surface area contributed by atoms with Crippen molar-refractivity contribution in [1.29, 1.82) is 0 Å². The lowest BCUT2D eigenvalue weighted by molar-refractivity contribution is -0.147. The van der Waals surface area contributed by atoms with Gasteiger partial charge in [-0.3, -0.25) is 9.59 Å². The summed E-state index contributed by atoms with van der Waals surface area (Å²) in [6.07, 6.45) is 9.18. The average molecular weight is 293 g/mol. The topological polar surface area (TPSA) is 57.6 Å². The minimum absolute atomic E-state index is 0.153. The van der Waals surface area contributed by atoms with E-state index in [2.05, 4.69) is 0 Å². The first-order valence-electron chi connectivity index (χ1n) is 8.52. The Kier molecular flexibility index (Phi) is 3.98. The largest absolute Gasteiger partial charge is 0.481 e. The van der Waals surface area contributed by atoms with E-state index in [1.807, 2.05) is 4.90 Å². The van der Waals surface area contributed by atoms with E-state index in [1.54, 1.807) is 6.92 Å². The molecule has 2 aliphatic carbocycles. The number of likely N-dealkylation sites (tertiary alicyclic amines) is 1. The third-order valence-corrected chi connectivity index (χ3v) is 6.19. The number of hydrogen-bond donors (Lipinski definition) is 1. The van der Waals surface area contributed by atoms with E-state index in [-0.39, 0.29) is 11.8 Å². The van der Waals surface area contributed by atoms with Crippen LogP contribution in [0.3, 0.4) is 0 Å². The molecule has 3 fully saturated rings. The summed E-state index contributed by atoms with van der Waals surface area (Å²) in [5.41, 5.74) is -0.738. The molecule has 4 nitrogen and oxygen atoms in total. The average Bonchev–Trinajstić information content (AvgIpc) is 2.90. The predicted octanol–water partition coefficient (Wildman–Crippen LogP) is 2.92. The third-order valence-electron chi connectivity index (χ3n) is 6.19. The van der Waals surface area contributed by atoms with Crippen LogP contribution in [-0.2, 0) is 9.59 Å². The summed E-state index contributed by atoms with van der Waals surface area (Å²) < 4.78 is 0. The van der Waals surface area contributed by atoms with E-state index in [0.717, 1.165) is 24.7 Å². The van der Waals surface area contributed by atoms with E-state index in [1.165, 1.54) is 32.1 Å². The number of aliphatic carboxylic acids is 1. The molecule has 0 bridgehead atoms. The summed E-state index contributed by atoms with van der Waals surface area (Å²) in [6, 6.07) is 0. The Labute approximate surface area is 126 Å². The molecule has 4 unspecified atom stereocenters. The molecule has 0 radical (unpaired) electrons. The van der Waals surface area contributed by atoms with Gasteiger partial charge in [-0.05, 0) is 44.4 Å². The normalized spacial score (nSPS) is 39.9. The number of nitrogens with zero attached hydrogens (tertiary/aromatic N) is 1. The van der Waals surface area contributed by atoms with Crippen molar-refractivity contribution in [3.8, 4) is 0 Å². The van der Waals surface area contributed by atoms with Crippen molar-refractivity contribution in [3.63, 3.8) is 0 Å². The van der Waals surface area contributed by atoms with Crippen LogP contribution in [0.2, 0.25) is 0 Å². The van der Waals surface area contributed by atoms with Gasteiger partial charge in [0.1, 0.15) is 0 Å². The van der Waals surface area contributed by atoms with Crippen LogP contribution in [0.1, 0.15) is 58.3 Å². The van der Waals surface area contributed by atoms with Crippen molar-refractivity contribution in [2.24, 2.45) is 23.2 Å². The van der Waals surface area contributed by atoms with Crippen LogP contribution in [-0.4, -0.2) is 35.0 Å². The zero-order valence-corrected chi connectivity index (χ0v) is 13.0. The zero-order valence-electron chi connectivity index (χ0n) is 13.0. The number of carbonyl (C=O) groups excluding carboxylic acids is 1. The summed E-state index contributed by atoms with van der Waals surface area (Å²) in [5.74, 6) is 1.21. The molecule has 3 rings (SSSR count). The molecule has 4 atom stereocenters. The second-order valence-electron chi connectivity index (χ2n) is 7.69. The molecule has 1 N–H and O–H groups in total. The molecule has 118 valence electrons. The fraction of sp³-hybridized carbons (Fsp3) is 0.882. The lowest BCUT2D eigenvalue weighted by atomic mass is 9.67. The Morgan fingerprint density at radius 3 is 2.48 bits per heavy atom. The smallest absolute Gasteiger partial charge is 0.311 e. The van der Waals surface area contributed by atoms with Gasteiger partial charge in [-0.15, -0.1) is 0 Å². The van der Waals surface area contributed by atoms with Gasteiger partial charge in [0.05, 0.1) is 5.41 Å². The molecule has 0 spiro atoms. The fourth-order valence-corrected chi connectivity index (χ4v) is 4.68. The Balaban J connectivity index is 1.60. The predicted molar refractivity (Wildman–Crippen MR) is 79.7 cm³/mol. The van der Waals surface area contributed by atoms with Crippen LogP contribution >= 0.6 is 0 Å². The zero-order chi connectivity index (χ0) is 15.0. The monoisotopic (exact) mass is 293 g/mol. The summed E-state index contributed by atoms with van der Waals surface area (Å²) >= 11 is 0. The number of amides is 1. The highest BCUT2D eigenvalue weighted by atomic mass is 16.4. The number of carboxylic acid groups (broad SMARTS) is 1. The molecular formula is C17H27NO3. The summed E-state index contributed by atoms with van der Waals surface area (Å²) in [5, 5.41) is 9.30. The van der Waals surface area contributed by atoms with Crippen LogP contribution in [0.4, 0.5) is 0 Å². The van der Waals surface area contributed by atoms with Gasteiger partial charge < -0.3 is 10.0 Å². The standard InChI is InChI=1S/C17H27NO3/c1-17(16(20)21)8-9-18(11-17)15(19)14-7-6-12-4-2-3-5-13(12)10-14/h12-14H,2-11H2,1H3,(H,20,21). The summed E-state index contributed by atoms with van der Waals surface area (Å²) in [6.45, 7) is 2.78. The Morgan fingerprint density at radius 1 is 1.10 bits per heavy atom. The molecule has 4 heteroatoms. The molecule has 1 saturated heterocycles. The number of carboxylic acids is 1. The first-order valence-corrected chi connectivity index (χ1v) is 8.52. The molecular weight excluding hydrogens is 266 g/mol. The fourth-order valence-electron chi connectivity index (χ4n) is 4.68. The second kappa shape index (κ2) is 5.62. The van der Waals surface area contributed by atoms with Gasteiger partial charge in [-0.2, -0.15) is 0 Å². The molecule has 0 aromatic carbocycles. The molecule has 1 amide bonds. The SMILES string of the molecule is CC1(C(=O)O)CCN(C(=O)C2CCC3CCCCC3C2)C1. The minimum Gasteiger partial charge on any atom is -0.481 e. The van der Waals surface area contributed by atoms with Crippen molar-refractivity contribution in [3.05, 3.63) is 0 Å². The molecule has 2 saturated carbocycles. The molecule has 21 heavy (non-hydrogen) atoms. The van der Waals surface area contributed by atoms with Crippen molar-refractivity contribution < 1.29 is 14.7 Å². The maximum atomic E-state index is 12.7. The van der Waals surface area contributed by atoms with Crippen molar-refractivity contribution in [2.75, 3.05) is 13.1 Å². The minimum atomic E-state index is -0.770. The first-order chi connectivity index (χ1) is 9.99. The highest BCUT2D eigenvalue weighted by Crippen LogP contribution is 2.43. The molecule has 3 aliphatic rings. The van der Waals surface area contributed by atoms with Crippen LogP contribution in [0, 0.1) is 23.2 Å². The van der Waals surface area contributed by atoms with E-state index >= 15 is 0 Å². The van der Waals surface area contributed by atoms with E-state index in [9.17, 15) is 14.7 Å². The molecule has 1 aliphatic heterocycles. The van der Waals surface area contributed by atoms with Gasteiger partial charge in [-0.25, -0.2) is 0 Å². The number of carbonyl (C=O) groups is 2. The second-order valence-corrected chi connectivity index (χ2v) is 7.69.